The summed E-state index contributed by atoms with van der Waals surface area (Å²) in [4.78, 5) is 35.0. The number of amides is 1. The molecule has 0 spiro atoms. The Kier molecular flexibility index (Phi) is 4.29. The second kappa shape index (κ2) is 6.14. The van der Waals surface area contributed by atoms with E-state index in [9.17, 15) is 19.7 Å². The molecule has 106 valence electrons. The minimum absolute atomic E-state index is 0.102. The van der Waals surface area contributed by atoms with Crippen molar-refractivity contribution in [1.29, 1.82) is 0 Å². The number of nitro benzene ring substituents is 1. The fourth-order valence-corrected chi connectivity index (χ4v) is 1.99. The van der Waals surface area contributed by atoms with Crippen LogP contribution >= 0.6 is 0 Å². The Morgan fingerprint density at radius 3 is 2.35 bits per heavy atom. The highest BCUT2D eigenvalue weighted by Crippen LogP contribution is 2.13. The second-order valence-corrected chi connectivity index (χ2v) is 4.47. The van der Waals surface area contributed by atoms with Crippen molar-refractivity contribution in [3.63, 3.8) is 0 Å². The van der Waals surface area contributed by atoms with Crippen LogP contribution in [0.1, 0.15) is 23.2 Å². The number of nitrogens with zero attached hydrogens (tertiary/aromatic N) is 2. The number of rotatable bonds is 4. The molecule has 1 aromatic rings. The maximum absolute atomic E-state index is 11.7. The minimum atomic E-state index is -0.660. The molecular weight excluding hydrogens is 264 g/mol. The molecule has 0 atom stereocenters. The molecule has 1 fully saturated rings. The van der Waals surface area contributed by atoms with Crippen molar-refractivity contribution < 1.29 is 19.2 Å². The first-order valence-electron chi connectivity index (χ1n) is 6.27. The van der Waals surface area contributed by atoms with Crippen LogP contribution in [-0.4, -0.2) is 41.4 Å². The van der Waals surface area contributed by atoms with Crippen LogP contribution in [0.15, 0.2) is 24.3 Å². The van der Waals surface area contributed by atoms with E-state index in [1.165, 1.54) is 24.3 Å². The van der Waals surface area contributed by atoms with E-state index in [-0.39, 0.29) is 23.8 Å². The van der Waals surface area contributed by atoms with Crippen molar-refractivity contribution in [2.45, 2.75) is 12.8 Å². The Hall–Kier alpha value is -2.44. The molecule has 20 heavy (non-hydrogen) atoms. The molecular formula is C13H14N2O5. The van der Waals surface area contributed by atoms with Gasteiger partial charge in [0.1, 0.15) is 0 Å². The smallest absolute Gasteiger partial charge is 0.338 e. The molecule has 1 saturated heterocycles. The van der Waals surface area contributed by atoms with Gasteiger partial charge >= 0.3 is 5.97 Å². The summed E-state index contributed by atoms with van der Waals surface area (Å²) in [6.45, 7) is 1.11. The molecule has 7 heteroatoms. The van der Waals surface area contributed by atoms with Gasteiger partial charge in [-0.15, -0.1) is 0 Å². The number of hydrogen-bond donors (Lipinski definition) is 0. The predicted octanol–water partition coefficient (Wildman–Crippen LogP) is 1.37. The minimum Gasteiger partial charge on any atom is -0.452 e. The number of non-ortho nitro benzene ring substituents is 1. The Balaban J connectivity index is 1.88. The van der Waals surface area contributed by atoms with Gasteiger partial charge in [-0.25, -0.2) is 4.79 Å². The average Bonchev–Trinajstić information content (AvgIpc) is 2.98. The van der Waals surface area contributed by atoms with Gasteiger partial charge in [0.25, 0.3) is 11.6 Å². The summed E-state index contributed by atoms with van der Waals surface area (Å²) in [6, 6.07) is 5.05. The van der Waals surface area contributed by atoms with Gasteiger partial charge < -0.3 is 9.64 Å². The fraction of sp³-hybridized carbons (Fsp3) is 0.385. The van der Waals surface area contributed by atoms with Crippen molar-refractivity contribution in [1.82, 2.24) is 4.90 Å². The zero-order chi connectivity index (χ0) is 14.5. The number of esters is 1. The summed E-state index contributed by atoms with van der Waals surface area (Å²) in [6.07, 6.45) is 1.95. The van der Waals surface area contributed by atoms with E-state index in [1.807, 2.05) is 0 Å². The third kappa shape index (κ3) is 3.31. The summed E-state index contributed by atoms with van der Waals surface area (Å²) in [5.74, 6) is -0.870. The van der Waals surface area contributed by atoms with Crippen LogP contribution in [0.2, 0.25) is 0 Å². The number of benzene rings is 1. The van der Waals surface area contributed by atoms with Gasteiger partial charge in [-0.05, 0) is 25.0 Å². The molecule has 0 N–H and O–H groups in total. The first kappa shape index (κ1) is 14.0. The standard InChI is InChI=1S/C13H14N2O5/c16-12(14-7-1-2-8-14)9-20-13(17)10-3-5-11(6-4-10)15(18)19/h3-6H,1-2,7-9H2. The Labute approximate surface area is 115 Å². The van der Waals surface area contributed by atoms with Gasteiger partial charge in [0.2, 0.25) is 0 Å². The Morgan fingerprint density at radius 2 is 1.80 bits per heavy atom. The van der Waals surface area contributed by atoms with Crippen molar-refractivity contribution in [3.05, 3.63) is 39.9 Å². The molecule has 1 aliphatic rings. The average molecular weight is 278 g/mol. The Morgan fingerprint density at radius 1 is 1.20 bits per heavy atom. The van der Waals surface area contributed by atoms with Crippen LogP contribution < -0.4 is 0 Å². The van der Waals surface area contributed by atoms with Crippen LogP contribution in [0, 0.1) is 10.1 Å². The lowest BCUT2D eigenvalue weighted by molar-refractivity contribution is -0.384. The van der Waals surface area contributed by atoms with Crippen molar-refractivity contribution in [2.75, 3.05) is 19.7 Å². The normalized spacial score (nSPS) is 14.1. The molecule has 1 aliphatic heterocycles. The summed E-state index contributed by atoms with van der Waals surface area (Å²) in [5.41, 5.74) is 0.0829. The van der Waals surface area contributed by atoms with E-state index in [1.54, 1.807) is 4.90 Å². The Bertz CT molecular complexity index is 520. The van der Waals surface area contributed by atoms with E-state index in [2.05, 4.69) is 0 Å². The number of likely N-dealkylation sites (tertiary alicyclic amines) is 1. The van der Waals surface area contributed by atoms with Crippen LogP contribution in [0.25, 0.3) is 0 Å². The van der Waals surface area contributed by atoms with Gasteiger partial charge in [-0.1, -0.05) is 0 Å². The zero-order valence-electron chi connectivity index (χ0n) is 10.8. The highest BCUT2D eigenvalue weighted by atomic mass is 16.6. The fourth-order valence-electron chi connectivity index (χ4n) is 1.99. The molecule has 1 aromatic carbocycles. The largest absolute Gasteiger partial charge is 0.452 e. The van der Waals surface area contributed by atoms with Gasteiger partial charge in [-0.2, -0.15) is 0 Å². The number of carbonyl (C=O) groups excluding carboxylic acids is 2. The number of ether oxygens (including phenoxy) is 1. The van der Waals surface area contributed by atoms with Crippen molar-refractivity contribution in [3.8, 4) is 0 Å². The molecule has 0 aliphatic carbocycles. The van der Waals surface area contributed by atoms with Crippen LogP contribution in [0.4, 0.5) is 5.69 Å². The summed E-state index contributed by atoms with van der Waals surface area (Å²) in [7, 11) is 0. The predicted molar refractivity (Wildman–Crippen MR) is 69.2 cm³/mol. The number of nitro groups is 1. The topological polar surface area (TPSA) is 89.8 Å². The maximum Gasteiger partial charge on any atom is 0.338 e. The van der Waals surface area contributed by atoms with Crippen molar-refractivity contribution >= 4 is 17.6 Å². The number of hydrogen-bond acceptors (Lipinski definition) is 5. The lowest BCUT2D eigenvalue weighted by Gasteiger charge is -2.14. The molecule has 0 aromatic heterocycles. The highest BCUT2D eigenvalue weighted by Gasteiger charge is 2.19. The summed E-state index contributed by atoms with van der Waals surface area (Å²) in [5, 5.41) is 10.5. The van der Waals surface area contributed by atoms with E-state index < -0.39 is 10.9 Å². The van der Waals surface area contributed by atoms with E-state index in [0.29, 0.717) is 13.1 Å². The quantitative estimate of drug-likeness (QED) is 0.471. The zero-order valence-corrected chi connectivity index (χ0v) is 10.8. The third-order valence-corrected chi connectivity index (χ3v) is 3.10. The SMILES string of the molecule is O=C(OCC(=O)N1CCCC1)c1ccc([N+](=O)[O-])cc1. The molecule has 1 heterocycles. The molecule has 0 radical (unpaired) electrons. The van der Waals surface area contributed by atoms with Crippen LogP contribution in [0.5, 0.6) is 0 Å². The summed E-state index contributed by atoms with van der Waals surface area (Å²) < 4.78 is 4.90. The lowest BCUT2D eigenvalue weighted by Crippen LogP contribution is -2.32. The molecule has 0 saturated carbocycles. The van der Waals surface area contributed by atoms with E-state index >= 15 is 0 Å². The van der Waals surface area contributed by atoms with Crippen molar-refractivity contribution in [2.24, 2.45) is 0 Å². The second-order valence-electron chi connectivity index (χ2n) is 4.47. The third-order valence-electron chi connectivity index (χ3n) is 3.10. The van der Waals surface area contributed by atoms with Gasteiger partial charge in [0.05, 0.1) is 10.5 Å². The van der Waals surface area contributed by atoms with Crippen LogP contribution in [0.3, 0.4) is 0 Å². The van der Waals surface area contributed by atoms with Gasteiger partial charge in [0, 0.05) is 25.2 Å². The number of carbonyl (C=O) groups is 2. The maximum atomic E-state index is 11.7. The first-order chi connectivity index (χ1) is 9.58. The molecule has 0 unspecified atom stereocenters. The summed E-state index contributed by atoms with van der Waals surface area (Å²) >= 11 is 0. The van der Waals surface area contributed by atoms with Gasteiger partial charge in [-0.3, -0.25) is 14.9 Å². The van der Waals surface area contributed by atoms with E-state index in [4.69, 9.17) is 4.74 Å². The molecule has 2 rings (SSSR count). The molecule has 0 bridgehead atoms. The van der Waals surface area contributed by atoms with Gasteiger partial charge in [0.15, 0.2) is 6.61 Å². The molecule has 1 amide bonds. The highest BCUT2D eigenvalue weighted by molar-refractivity contribution is 5.91. The lowest BCUT2D eigenvalue weighted by atomic mass is 10.2. The van der Waals surface area contributed by atoms with Crippen LogP contribution in [-0.2, 0) is 9.53 Å². The first-order valence-corrected chi connectivity index (χ1v) is 6.27. The molecule has 7 nitrogen and oxygen atoms in total. The monoisotopic (exact) mass is 278 g/mol. The van der Waals surface area contributed by atoms with E-state index in [0.717, 1.165) is 12.8 Å².